The van der Waals surface area contributed by atoms with Crippen molar-refractivity contribution in [3.05, 3.63) is 187 Å². The lowest BCUT2D eigenvalue weighted by Gasteiger charge is -2.31. The van der Waals surface area contributed by atoms with Crippen molar-refractivity contribution in [3.63, 3.8) is 0 Å². The summed E-state index contributed by atoms with van der Waals surface area (Å²) in [5.41, 5.74) is 21.5. The predicted octanol–water partition coefficient (Wildman–Crippen LogP) is 13.3. The number of rotatable bonds is 8. The number of hydrogen-bond acceptors (Lipinski definition) is 11. The maximum Gasteiger partial charge on any atom is 0.337 e. The summed E-state index contributed by atoms with van der Waals surface area (Å²) in [5, 5.41) is 4.33. The molecule has 0 amide bonds. The molecular weight excluding hydrogens is 1000 g/mol. The van der Waals surface area contributed by atoms with Gasteiger partial charge in [0.25, 0.3) is 0 Å². The van der Waals surface area contributed by atoms with E-state index in [1.807, 2.05) is 48.5 Å². The van der Waals surface area contributed by atoms with Crippen molar-refractivity contribution in [1.82, 2.24) is 10.3 Å². The van der Waals surface area contributed by atoms with Crippen molar-refractivity contribution in [2.45, 2.75) is 103 Å². The summed E-state index contributed by atoms with van der Waals surface area (Å²) in [6.07, 6.45) is 16.1. The van der Waals surface area contributed by atoms with Gasteiger partial charge >= 0.3 is 23.9 Å². The Bertz CT molecular complexity index is 3550. The largest absolute Gasteiger partial charge is 0.465 e. The second-order valence-electron chi connectivity index (χ2n) is 23.0. The summed E-state index contributed by atoms with van der Waals surface area (Å²) in [5.74, 6) is -0.899. The summed E-state index contributed by atoms with van der Waals surface area (Å²) in [6.45, 7) is 0. The van der Waals surface area contributed by atoms with Crippen LogP contribution in [0.3, 0.4) is 0 Å². The fourth-order valence-electron chi connectivity index (χ4n) is 15.2. The number of carbonyl (C=O) groups excluding carboxylic acids is 4. The number of hydrogen-bond donors (Lipinski definition) is 2. The van der Waals surface area contributed by atoms with Crippen LogP contribution in [0.4, 0.5) is 0 Å². The fraction of sp³-hybridized carbons (Fsp3) is 0.382. The molecule has 8 aliphatic rings. The maximum absolute atomic E-state index is 13.1. The van der Waals surface area contributed by atoms with Crippen molar-refractivity contribution in [3.8, 4) is 0 Å². The minimum atomic E-state index is -0.387. The summed E-state index contributed by atoms with van der Waals surface area (Å²) in [6, 6.07) is 31.8. The Labute approximate surface area is 467 Å². The standard InChI is InChI=1S/C68H68N4O8/c1-77-65(73)41-29-21-37(22-30-41)53-57-45-13-5-7-15-47(45)59(69-57)54(38-23-31-42(32-24-38)66(74)78-2)61-49-17-9-11-19-51(49)63(71-61)56(40-27-35-44(36-28-40)68(76)80-4)64-52-20-12-10-18-50(52)62(72-64)55(39-25-33-43(34-26-39)67(75)79-3)60-48-16-8-6-14-46(48)58(53)70-60/h21-36,45-49,51,70,72H,5-20H2,1-4H3. The number of aromatic nitrogens is 1. The van der Waals surface area contributed by atoms with E-state index in [9.17, 15) is 19.2 Å². The number of H-pyrrole nitrogens is 1. The van der Waals surface area contributed by atoms with Crippen molar-refractivity contribution < 1.29 is 38.1 Å². The second-order valence-corrected chi connectivity index (χ2v) is 23.0. The zero-order valence-corrected chi connectivity index (χ0v) is 46.2. The number of aliphatic imine (C=N–C) groups is 2. The van der Waals surface area contributed by atoms with Crippen LogP contribution in [0, 0.1) is 35.5 Å². The first kappa shape index (κ1) is 51.6. The van der Waals surface area contributed by atoms with Gasteiger partial charge in [0.05, 0.1) is 84.9 Å². The molecule has 6 unspecified atom stereocenters. The Balaban J connectivity index is 1.19. The third kappa shape index (κ3) is 8.72. The molecule has 0 radical (unpaired) electrons. The van der Waals surface area contributed by atoms with Gasteiger partial charge in [0.15, 0.2) is 0 Å². The molecule has 1 saturated heterocycles. The molecule has 4 fully saturated rings. The van der Waals surface area contributed by atoms with Gasteiger partial charge in [-0.05, 0) is 146 Å². The van der Waals surface area contributed by atoms with Crippen LogP contribution in [0.15, 0.2) is 130 Å². The molecule has 6 atom stereocenters. The van der Waals surface area contributed by atoms with E-state index >= 15 is 0 Å². The molecule has 13 rings (SSSR count). The number of allylic oxidation sites excluding steroid dienone is 6. The molecule has 4 aromatic carbocycles. The molecule has 0 spiro atoms. The summed E-state index contributed by atoms with van der Waals surface area (Å²) >= 11 is 0. The summed E-state index contributed by atoms with van der Waals surface area (Å²) in [4.78, 5) is 68.9. The molecular formula is C68H68N4O8. The Hall–Kier alpha value is -7.86. The topological polar surface area (TPSA) is 158 Å². The molecule has 3 saturated carbocycles. The van der Waals surface area contributed by atoms with Crippen LogP contribution in [0.5, 0.6) is 0 Å². The van der Waals surface area contributed by atoms with Crippen molar-refractivity contribution in [1.29, 1.82) is 0 Å². The van der Waals surface area contributed by atoms with Crippen LogP contribution in [-0.4, -0.2) is 68.7 Å². The SMILES string of the molecule is COC(=O)c1ccc(C2=C3N=C(C(c4ccc(C(=O)OC)cc4)=C4NC(=C(c5ccc(C(=O)OC)cc5)c5[nH]c(c6c5CCCC6)C(c5ccc(C(=O)OC)cc5)=C5N=C2C2CCCCC52)C2CCCCC42)C2CCCCC32)cc1. The van der Waals surface area contributed by atoms with Gasteiger partial charge < -0.3 is 29.2 Å². The van der Waals surface area contributed by atoms with Gasteiger partial charge in [-0.3, -0.25) is 9.98 Å². The highest BCUT2D eigenvalue weighted by Crippen LogP contribution is 2.56. The first-order valence-corrected chi connectivity index (χ1v) is 29.1. The number of nitrogens with zero attached hydrogens (tertiary/aromatic N) is 2. The van der Waals surface area contributed by atoms with Crippen LogP contribution < -0.4 is 5.32 Å². The highest BCUT2D eigenvalue weighted by Gasteiger charge is 2.49. The quantitative estimate of drug-likeness (QED) is 0.114. The Kier molecular flexibility index (Phi) is 13.7. The van der Waals surface area contributed by atoms with Crippen molar-refractivity contribution in [2.75, 3.05) is 28.4 Å². The Morgan fingerprint density at radius 3 is 1.10 bits per heavy atom. The molecule has 5 aliphatic carbocycles. The van der Waals surface area contributed by atoms with Crippen molar-refractivity contribution >= 4 is 57.6 Å². The number of esters is 4. The van der Waals surface area contributed by atoms with Gasteiger partial charge in [-0.25, -0.2) is 19.2 Å². The predicted molar refractivity (Wildman–Crippen MR) is 309 cm³/mol. The van der Waals surface area contributed by atoms with Crippen LogP contribution in [-0.2, 0) is 31.8 Å². The van der Waals surface area contributed by atoms with Gasteiger partial charge in [-0.2, -0.15) is 0 Å². The maximum atomic E-state index is 13.1. The first-order chi connectivity index (χ1) is 39.2. The molecule has 8 bridgehead atoms. The van der Waals surface area contributed by atoms with E-state index in [-0.39, 0.29) is 59.4 Å². The van der Waals surface area contributed by atoms with E-state index in [4.69, 9.17) is 28.9 Å². The summed E-state index contributed by atoms with van der Waals surface area (Å²) < 4.78 is 20.9. The van der Waals surface area contributed by atoms with Crippen LogP contribution in [0.1, 0.15) is 176 Å². The van der Waals surface area contributed by atoms with E-state index in [1.54, 1.807) is 0 Å². The number of nitrogens with one attached hydrogen (secondary N) is 2. The molecule has 12 heteroatoms. The van der Waals surface area contributed by atoms with Gasteiger partial charge in [0.1, 0.15) is 0 Å². The van der Waals surface area contributed by atoms with E-state index in [0.717, 1.165) is 181 Å². The van der Waals surface area contributed by atoms with Gasteiger partial charge in [-0.15, -0.1) is 0 Å². The van der Waals surface area contributed by atoms with Gasteiger partial charge in [0, 0.05) is 69.2 Å². The number of methoxy groups -OCH3 is 4. The average molecular weight is 1070 g/mol. The van der Waals surface area contributed by atoms with Gasteiger partial charge in [-0.1, -0.05) is 87.1 Å². The molecule has 3 aliphatic heterocycles. The highest BCUT2D eigenvalue weighted by atomic mass is 16.5. The molecule has 408 valence electrons. The number of ether oxygens (including phenoxy) is 4. The first-order valence-electron chi connectivity index (χ1n) is 29.1. The molecule has 2 N–H and O–H groups in total. The fourth-order valence-corrected chi connectivity index (χ4v) is 15.2. The minimum absolute atomic E-state index is 0.0861. The normalized spacial score (nSPS) is 23.9. The molecule has 12 nitrogen and oxygen atoms in total. The van der Waals surface area contributed by atoms with Crippen LogP contribution >= 0.6 is 0 Å². The lowest BCUT2D eigenvalue weighted by atomic mass is 9.70. The molecule has 5 aromatic rings. The lowest BCUT2D eigenvalue weighted by Crippen LogP contribution is -2.27. The highest BCUT2D eigenvalue weighted by molar-refractivity contribution is 6.31. The second kappa shape index (κ2) is 21.3. The van der Waals surface area contributed by atoms with E-state index in [1.165, 1.54) is 51.0 Å². The third-order valence-electron chi connectivity index (χ3n) is 19.0. The van der Waals surface area contributed by atoms with Crippen LogP contribution in [0.2, 0.25) is 0 Å². The Morgan fingerprint density at radius 2 is 0.688 bits per heavy atom. The Morgan fingerprint density at radius 1 is 0.375 bits per heavy atom. The zero-order chi connectivity index (χ0) is 54.8. The van der Waals surface area contributed by atoms with E-state index in [2.05, 4.69) is 58.8 Å². The lowest BCUT2D eigenvalue weighted by molar-refractivity contribution is 0.0592. The number of aromatic amines is 1. The summed E-state index contributed by atoms with van der Waals surface area (Å²) in [7, 11) is 5.68. The van der Waals surface area contributed by atoms with E-state index in [0.29, 0.717) is 22.3 Å². The number of benzene rings is 4. The molecule has 4 heterocycles. The van der Waals surface area contributed by atoms with Crippen LogP contribution in [0.25, 0.3) is 22.3 Å². The van der Waals surface area contributed by atoms with Crippen molar-refractivity contribution in [2.24, 2.45) is 45.5 Å². The van der Waals surface area contributed by atoms with Gasteiger partial charge in [0.2, 0.25) is 0 Å². The minimum Gasteiger partial charge on any atom is -0.465 e. The third-order valence-corrected chi connectivity index (χ3v) is 19.0. The zero-order valence-electron chi connectivity index (χ0n) is 46.2. The molecule has 80 heavy (non-hydrogen) atoms. The number of carbonyl (C=O) groups is 4. The smallest absolute Gasteiger partial charge is 0.337 e. The monoisotopic (exact) mass is 1070 g/mol. The average Bonchev–Trinajstić information content (AvgIpc) is 4.42. The molecule has 1 aromatic heterocycles. The van der Waals surface area contributed by atoms with E-state index < -0.39 is 0 Å².